The number of anilines is 1. The van der Waals surface area contributed by atoms with Crippen LogP contribution >= 0.6 is 27.5 Å². The first-order valence-corrected chi connectivity index (χ1v) is 7.09. The van der Waals surface area contributed by atoms with Gasteiger partial charge in [-0.05, 0) is 36.4 Å². The fourth-order valence-electron chi connectivity index (χ4n) is 1.91. The topological polar surface area (TPSA) is 52.3 Å². The van der Waals surface area contributed by atoms with E-state index in [9.17, 15) is 4.79 Å². The number of nitrogens with two attached hydrogens (primary N) is 1. The monoisotopic (exact) mass is 353 g/mol. The molecule has 2 aromatic carbocycles. The lowest BCUT2D eigenvalue weighted by atomic mass is 10.0. The number of hydrogen-bond donors (Lipinski definition) is 1. The third-order valence-electron chi connectivity index (χ3n) is 2.88. The largest absolute Gasteiger partial charge is 0.496 e. The molecule has 0 heterocycles. The molecule has 2 N–H and O–H groups in total. The van der Waals surface area contributed by atoms with E-state index in [1.54, 1.807) is 43.5 Å². The maximum atomic E-state index is 12.4. The van der Waals surface area contributed by atoms with E-state index in [1.165, 1.54) is 0 Å². The first-order valence-electron chi connectivity index (χ1n) is 5.92. The number of benzene rings is 2. The Morgan fingerprint density at radius 2 is 2.05 bits per heavy atom. The van der Waals surface area contributed by atoms with Crippen LogP contribution in [0.3, 0.4) is 0 Å². The van der Waals surface area contributed by atoms with Crippen molar-refractivity contribution in [3.8, 4) is 5.75 Å². The minimum absolute atomic E-state index is 0.0512. The molecule has 5 heteroatoms. The second-order valence-corrected chi connectivity index (χ2v) is 5.59. The van der Waals surface area contributed by atoms with Crippen LogP contribution in [0.25, 0.3) is 0 Å². The Bertz CT molecular complexity index is 658. The fraction of sp³-hybridized carbons (Fsp3) is 0.133. The van der Waals surface area contributed by atoms with Crippen molar-refractivity contribution in [2.24, 2.45) is 0 Å². The summed E-state index contributed by atoms with van der Waals surface area (Å²) in [5, 5.41) is 0.570. The average Bonchev–Trinajstić information content (AvgIpc) is 2.41. The number of carbonyl (C=O) groups is 1. The van der Waals surface area contributed by atoms with Gasteiger partial charge >= 0.3 is 0 Å². The number of ketones is 1. The van der Waals surface area contributed by atoms with Gasteiger partial charge in [-0.25, -0.2) is 0 Å². The van der Waals surface area contributed by atoms with E-state index >= 15 is 0 Å². The summed E-state index contributed by atoms with van der Waals surface area (Å²) >= 11 is 9.32. The van der Waals surface area contributed by atoms with E-state index in [-0.39, 0.29) is 12.2 Å². The summed E-state index contributed by atoms with van der Waals surface area (Å²) in [5.74, 6) is 0.590. The van der Waals surface area contributed by atoms with Gasteiger partial charge in [-0.3, -0.25) is 4.79 Å². The molecule has 0 aromatic heterocycles. The zero-order chi connectivity index (χ0) is 14.7. The number of methoxy groups -OCH3 is 1. The molecule has 0 saturated heterocycles. The molecule has 104 valence electrons. The quantitative estimate of drug-likeness (QED) is 0.664. The van der Waals surface area contributed by atoms with Crippen LogP contribution in [0, 0.1) is 0 Å². The van der Waals surface area contributed by atoms with Crippen LogP contribution in [0.2, 0.25) is 5.02 Å². The Hall–Kier alpha value is -1.52. The van der Waals surface area contributed by atoms with Gasteiger partial charge in [0.15, 0.2) is 5.78 Å². The smallest absolute Gasteiger partial charge is 0.168 e. The van der Waals surface area contributed by atoms with Gasteiger partial charge in [0, 0.05) is 32.7 Å². The van der Waals surface area contributed by atoms with Crippen LogP contribution in [0.4, 0.5) is 5.69 Å². The molecule has 2 aromatic rings. The summed E-state index contributed by atoms with van der Waals surface area (Å²) < 4.78 is 5.96. The van der Waals surface area contributed by atoms with Crippen LogP contribution in [0.5, 0.6) is 5.75 Å². The Kier molecular flexibility index (Phi) is 4.68. The highest BCUT2D eigenvalue weighted by molar-refractivity contribution is 9.10. The van der Waals surface area contributed by atoms with Gasteiger partial charge in [0.05, 0.1) is 7.11 Å². The first-order chi connectivity index (χ1) is 9.51. The normalized spacial score (nSPS) is 10.3. The predicted molar refractivity (Wildman–Crippen MR) is 84.6 cm³/mol. The molecule has 0 saturated carbocycles. The summed E-state index contributed by atoms with van der Waals surface area (Å²) in [6, 6.07) is 10.4. The summed E-state index contributed by atoms with van der Waals surface area (Å²) in [6.45, 7) is 0. The van der Waals surface area contributed by atoms with Crippen molar-refractivity contribution >= 4 is 39.0 Å². The Balaban J connectivity index is 2.32. The zero-order valence-electron chi connectivity index (χ0n) is 10.8. The minimum Gasteiger partial charge on any atom is -0.496 e. The van der Waals surface area contributed by atoms with Crippen molar-refractivity contribution in [3.63, 3.8) is 0 Å². The van der Waals surface area contributed by atoms with Crippen LogP contribution in [-0.4, -0.2) is 12.9 Å². The number of Topliss-reactive ketones (excluding diaryl/α,β-unsaturated/α-hetero) is 1. The maximum Gasteiger partial charge on any atom is 0.168 e. The highest BCUT2D eigenvalue weighted by Crippen LogP contribution is 2.26. The molecule has 0 unspecified atom stereocenters. The van der Waals surface area contributed by atoms with Gasteiger partial charge in [-0.1, -0.05) is 27.5 Å². The van der Waals surface area contributed by atoms with Crippen molar-refractivity contribution in [2.75, 3.05) is 12.8 Å². The lowest BCUT2D eigenvalue weighted by molar-refractivity contribution is 0.0991. The Morgan fingerprint density at radius 3 is 2.75 bits per heavy atom. The molecule has 0 radical (unpaired) electrons. The third-order valence-corrected chi connectivity index (χ3v) is 3.81. The molecule has 0 aliphatic carbocycles. The molecular weight excluding hydrogens is 342 g/mol. The van der Waals surface area contributed by atoms with Gasteiger partial charge < -0.3 is 10.5 Å². The van der Waals surface area contributed by atoms with Crippen LogP contribution in [0.15, 0.2) is 40.9 Å². The van der Waals surface area contributed by atoms with Crippen molar-refractivity contribution in [2.45, 2.75) is 6.42 Å². The van der Waals surface area contributed by atoms with E-state index in [1.807, 2.05) is 0 Å². The van der Waals surface area contributed by atoms with Gasteiger partial charge in [0.2, 0.25) is 0 Å². The number of carbonyl (C=O) groups excluding carboxylic acids is 1. The van der Waals surface area contributed by atoms with E-state index in [0.717, 1.165) is 10.0 Å². The molecule has 0 bridgehead atoms. The number of hydrogen-bond acceptors (Lipinski definition) is 3. The second-order valence-electron chi connectivity index (χ2n) is 4.30. The second kappa shape index (κ2) is 6.29. The molecule has 20 heavy (non-hydrogen) atoms. The lowest BCUT2D eigenvalue weighted by Crippen LogP contribution is -2.06. The summed E-state index contributed by atoms with van der Waals surface area (Å²) in [5.41, 5.74) is 7.57. The molecule has 0 amide bonds. The van der Waals surface area contributed by atoms with Crippen LogP contribution < -0.4 is 10.5 Å². The zero-order valence-corrected chi connectivity index (χ0v) is 13.2. The summed E-state index contributed by atoms with van der Waals surface area (Å²) in [7, 11) is 1.56. The number of halogens is 2. The van der Waals surface area contributed by atoms with Gasteiger partial charge in [0.25, 0.3) is 0 Å². The fourth-order valence-corrected chi connectivity index (χ4v) is 2.57. The predicted octanol–water partition coefficient (Wildman–Crippen LogP) is 4.12. The molecule has 2 rings (SSSR count). The molecular formula is C15H13BrClNO2. The molecule has 0 aliphatic heterocycles. The SMILES string of the molecule is COc1ccc(Cl)cc1CC(=O)c1cc(N)ccc1Br. The highest BCUT2D eigenvalue weighted by atomic mass is 79.9. The molecule has 0 fully saturated rings. The van der Waals surface area contributed by atoms with E-state index in [2.05, 4.69) is 15.9 Å². The minimum atomic E-state index is -0.0512. The molecule has 0 atom stereocenters. The molecule has 0 aliphatic rings. The van der Waals surface area contributed by atoms with Crippen LogP contribution in [-0.2, 0) is 6.42 Å². The number of ether oxygens (including phenoxy) is 1. The third kappa shape index (κ3) is 3.32. The van der Waals surface area contributed by atoms with Gasteiger partial charge in [-0.15, -0.1) is 0 Å². The number of rotatable bonds is 4. The first kappa shape index (κ1) is 14.9. The van der Waals surface area contributed by atoms with Crippen molar-refractivity contribution < 1.29 is 9.53 Å². The summed E-state index contributed by atoms with van der Waals surface area (Å²) in [6.07, 6.45) is 0.200. The summed E-state index contributed by atoms with van der Waals surface area (Å²) in [4.78, 5) is 12.4. The standard InChI is InChI=1S/C15H13BrClNO2/c1-20-15-5-2-10(17)6-9(15)7-14(19)12-8-11(18)3-4-13(12)16/h2-6,8H,7,18H2,1H3. The van der Waals surface area contributed by atoms with E-state index in [4.69, 9.17) is 22.1 Å². The Labute approximate surface area is 130 Å². The van der Waals surface area contributed by atoms with Crippen LogP contribution in [0.1, 0.15) is 15.9 Å². The van der Waals surface area contributed by atoms with Crippen molar-refractivity contribution in [3.05, 3.63) is 57.0 Å². The van der Waals surface area contributed by atoms with E-state index < -0.39 is 0 Å². The maximum absolute atomic E-state index is 12.4. The average molecular weight is 355 g/mol. The van der Waals surface area contributed by atoms with Crippen molar-refractivity contribution in [1.29, 1.82) is 0 Å². The molecule has 3 nitrogen and oxygen atoms in total. The Morgan fingerprint density at radius 1 is 1.30 bits per heavy atom. The van der Waals surface area contributed by atoms with Gasteiger partial charge in [-0.2, -0.15) is 0 Å². The molecule has 0 spiro atoms. The highest BCUT2D eigenvalue weighted by Gasteiger charge is 2.14. The lowest BCUT2D eigenvalue weighted by Gasteiger charge is -2.09. The van der Waals surface area contributed by atoms with Crippen molar-refractivity contribution in [1.82, 2.24) is 0 Å². The van der Waals surface area contributed by atoms with E-state index in [0.29, 0.717) is 22.0 Å². The van der Waals surface area contributed by atoms with Gasteiger partial charge in [0.1, 0.15) is 5.75 Å². The number of nitrogen functional groups attached to an aromatic ring is 1.